The highest BCUT2D eigenvalue weighted by Crippen LogP contribution is 2.59. The van der Waals surface area contributed by atoms with Crippen LogP contribution < -0.4 is 0 Å². The van der Waals surface area contributed by atoms with Gasteiger partial charge < -0.3 is 20.1 Å². The van der Waals surface area contributed by atoms with E-state index in [-0.39, 0.29) is 5.41 Å². The minimum atomic E-state index is -0.636. The number of aliphatic hydroxyl groups excluding tert-OH is 2. The van der Waals surface area contributed by atoms with Crippen LogP contribution in [0.1, 0.15) is 78.6 Å². The molecule has 4 heteroatoms. The zero-order chi connectivity index (χ0) is 23.5. The third-order valence-electron chi connectivity index (χ3n) is 8.09. The van der Waals surface area contributed by atoms with E-state index in [0.717, 1.165) is 36.8 Å². The predicted octanol–water partition coefficient (Wildman–Crippen LogP) is 5.25. The molecule has 3 N–H and O–H groups in total. The molecule has 4 nitrogen and oxygen atoms in total. The van der Waals surface area contributed by atoms with Crippen molar-refractivity contribution in [2.75, 3.05) is 13.2 Å². The highest BCUT2D eigenvalue weighted by Gasteiger charge is 2.49. The van der Waals surface area contributed by atoms with Crippen molar-refractivity contribution in [2.24, 2.45) is 17.3 Å². The van der Waals surface area contributed by atoms with Crippen molar-refractivity contribution in [3.05, 3.63) is 47.6 Å². The van der Waals surface area contributed by atoms with Crippen molar-refractivity contribution in [3.63, 3.8) is 0 Å². The van der Waals surface area contributed by atoms with Crippen molar-refractivity contribution in [1.82, 2.24) is 0 Å². The molecule has 0 aliphatic heterocycles. The van der Waals surface area contributed by atoms with Crippen molar-refractivity contribution >= 4 is 0 Å². The Morgan fingerprint density at radius 1 is 1.25 bits per heavy atom. The van der Waals surface area contributed by atoms with Gasteiger partial charge in [-0.25, -0.2) is 0 Å². The molecular weight excluding hydrogens is 400 g/mol. The number of allylic oxidation sites excluding steroid dienone is 3. The van der Waals surface area contributed by atoms with Gasteiger partial charge in [0.05, 0.1) is 24.4 Å². The van der Waals surface area contributed by atoms with Crippen LogP contribution in [0.2, 0.25) is 0 Å². The molecule has 0 unspecified atom stereocenters. The average Bonchev–Trinajstić information content (AvgIpc) is 3.06. The number of aliphatic hydroxyl groups is 3. The Balaban J connectivity index is 1.62. The largest absolute Gasteiger partial charge is 0.393 e. The highest BCUT2D eigenvalue weighted by atomic mass is 16.5. The molecule has 0 radical (unpaired) electrons. The summed E-state index contributed by atoms with van der Waals surface area (Å²) in [6.07, 6.45) is 11.7. The molecule has 0 heterocycles. The van der Waals surface area contributed by atoms with Crippen LogP contribution in [0.3, 0.4) is 0 Å². The number of ether oxygens (including phenoxy) is 1. The molecule has 3 aliphatic rings. The monoisotopic (exact) mass is 444 g/mol. The normalized spacial score (nSPS) is 36.0. The second-order valence-corrected chi connectivity index (χ2v) is 11.2. The summed E-state index contributed by atoms with van der Waals surface area (Å²) in [4.78, 5) is 0. The standard InChI is InChI=1S/C28H44O4/c1-19(18-32-15-7-13-27(3,4)31)24-11-12-25-21(8-6-14-28(24,25)5)9-10-22-16-23(29)17-26(30)20(22)2/h9-10,23-26,29-31H,1-2,6-8,11-18H2,3-5H3/b21-9+,22-10-/t23-,24-,25+,26+,28-/m1/s1. The van der Waals surface area contributed by atoms with Crippen LogP contribution in [0.4, 0.5) is 0 Å². The van der Waals surface area contributed by atoms with E-state index in [4.69, 9.17) is 4.74 Å². The Hall–Kier alpha value is -1.20. The molecule has 0 saturated heterocycles. The van der Waals surface area contributed by atoms with E-state index in [1.54, 1.807) is 0 Å². The summed E-state index contributed by atoms with van der Waals surface area (Å²) < 4.78 is 5.92. The van der Waals surface area contributed by atoms with Crippen LogP contribution in [-0.4, -0.2) is 46.3 Å². The Morgan fingerprint density at radius 2 is 2.00 bits per heavy atom. The molecule has 0 spiro atoms. The minimum absolute atomic E-state index is 0.221. The van der Waals surface area contributed by atoms with Gasteiger partial charge in [0.25, 0.3) is 0 Å². The van der Waals surface area contributed by atoms with Crippen LogP contribution in [0.5, 0.6) is 0 Å². The van der Waals surface area contributed by atoms with Gasteiger partial charge in [0.1, 0.15) is 0 Å². The Morgan fingerprint density at radius 3 is 2.72 bits per heavy atom. The molecular formula is C28H44O4. The fraction of sp³-hybridized carbons (Fsp3) is 0.714. The first kappa shape index (κ1) is 25.4. The van der Waals surface area contributed by atoms with E-state index in [1.165, 1.54) is 30.4 Å². The van der Waals surface area contributed by atoms with E-state index < -0.39 is 17.8 Å². The van der Waals surface area contributed by atoms with Gasteiger partial charge in [-0.05, 0) is 99.2 Å². The van der Waals surface area contributed by atoms with Gasteiger partial charge in [-0.1, -0.05) is 37.8 Å². The molecule has 0 aromatic heterocycles. The fourth-order valence-electron chi connectivity index (χ4n) is 6.29. The zero-order valence-corrected chi connectivity index (χ0v) is 20.4. The number of fused-ring (bicyclic) bond motifs is 1. The van der Waals surface area contributed by atoms with E-state index in [1.807, 2.05) is 13.8 Å². The van der Waals surface area contributed by atoms with Crippen LogP contribution in [0.25, 0.3) is 0 Å². The van der Waals surface area contributed by atoms with Gasteiger partial charge in [-0.3, -0.25) is 0 Å². The summed E-state index contributed by atoms with van der Waals surface area (Å²) in [6, 6.07) is 0. The summed E-state index contributed by atoms with van der Waals surface area (Å²) in [5.41, 5.74) is 4.03. The zero-order valence-electron chi connectivity index (χ0n) is 20.4. The Kier molecular flexibility index (Phi) is 8.25. The van der Waals surface area contributed by atoms with E-state index in [9.17, 15) is 15.3 Å². The molecule has 3 fully saturated rings. The van der Waals surface area contributed by atoms with Gasteiger partial charge in [-0.2, -0.15) is 0 Å². The van der Waals surface area contributed by atoms with Gasteiger partial charge >= 0.3 is 0 Å². The first-order valence-electron chi connectivity index (χ1n) is 12.4. The second-order valence-electron chi connectivity index (χ2n) is 11.2. The molecule has 3 rings (SSSR count). The first-order valence-corrected chi connectivity index (χ1v) is 12.4. The van der Waals surface area contributed by atoms with Gasteiger partial charge in [-0.15, -0.1) is 0 Å². The minimum Gasteiger partial charge on any atom is -0.393 e. The molecule has 0 aromatic rings. The molecule has 0 aromatic carbocycles. The third kappa shape index (κ3) is 6.02. The average molecular weight is 445 g/mol. The van der Waals surface area contributed by atoms with E-state index >= 15 is 0 Å². The second kappa shape index (κ2) is 10.4. The molecule has 32 heavy (non-hydrogen) atoms. The maximum Gasteiger partial charge on any atom is 0.0811 e. The quantitative estimate of drug-likeness (QED) is 0.353. The van der Waals surface area contributed by atoms with E-state index in [2.05, 4.69) is 32.2 Å². The van der Waals surface area contributed by atoms with Crippen LogP contribution in [0, 0.1) is 17.3 Å². The molecule has 0 amide bonds. The molecule has 3 saturated carbocycles. The summed E-state index contributed by atoms with van der Waals surface area (Å²) in [5, 5.41) is 30.0. The Bertz CT molecular complexity index is 756. The predicted molar refractivity (Wildman–Crippen MR) is 130 cm³/mol. The molecule has 0 bridgehead atoms. The number of hydrogen-bond donors (Lipinski definition) is 3. The number of hydrogen-bond acceptors (Lipinski definition) is 4. The van der Waals surface area contributed by atoms with Crippen molar-refractivity contribution in [1.29, 1.82) is 0 Å². The van der Waals surface area contributed by atoms with Gasteiger partial charge in [0.2, 0.25) is 0 Å². The topological polar surface area (TPSA) is 69.9 Å². The lowest BCUT2D eigenvalue weighted by atomic mass is 9.62. The third-order valence-corrected chi connectivity index (χ3v) is 8.09. The highest BCUT2D eigenvalue weighted by molar-refractivity contribution is 5.39. The summed E-state index contributed by atoms with van der Waals surface area (Å²) >= 11 is 0. The van der Waals surface area contributed by atoms with Crippen molar-refractivity contribution < 1.29 is 20.1 Å². The van der Waals surface area contributed by atoms with Crippen LogP contribution in [0.15, 0.2) is 47.6 Å². The van der Waals surface area contributed by atoms with Crippen LogP contribution in [-0.2, 0) is 4.74 Å². The maximum absolute atomic E-state index is 10.1. The summed E-state index contributed by atoms with van der Waals surface area (Å²) in [5.74, 6) is 1.03. The molecule has 3 aliphatic carbocycles. The van der Waals surface area contributed by atoms with Gasteiger partial charge in [0.15, 0.2) is 0 Å². The van der Waals surface area contributed by atoms with Crippen molar-refractivity contribution in [3.8, 4) is 0 Å². The smallest absolute Gasteiger partial charge is 0.0811 e. The molecule has 5 atom stereocenters. The maximum atomic E-state index is 10.1. The van der Waals surface area contributed by atoms with E-state index in [0.29, 0.717) is 37.9 Å². The SMILES string of the molecule is C=C(COCCCC(C)(C)O)[C@H]1CC[C@H]2/C(=C/C=C3/C[C@@H](O)C[C@H](O)C3=C)CCC[C@]12C. The lowest BCUT2D eigenvalue weighted by molar-refractivity contribution is 0.0530. The lowest BCUT2D eigenvalue weighted by Gasteiger charge is -2.43. The first-order chi connectivity index (χ1) is 15.0. The lowest BCUT2D eigenvalue weighted by Crippen LogP contribution is -2.34. The van der Waals surface area contributed by atoms with Crippen LogP contribution >= 0.6 is 0 Å². The van der Waals surface area contributed by atoms with Gasteiger partial charge in [0, 0.05) is 13.0 Å². The van der Waals surface area contributed by atoms with Crippen molar-refractivity contribution in [2.45, 2.75) is 96.4 Å². The summed E-state index contributed by atoms with van der Waals surface area (Å²) in [6.45, 7) is 15.8. The fourth-order valence-corrected chi connectivity index (χ4v) is 6.29. The summed E-state index contributed by atoms with van der Waals surface area (Å²) in [7, 11) is 0. The number of rotatable bonds is 8. The molecule has 180 valence electrons. The Labute approximate surface area is 194 Å².